The molecular formula is C19H27N3. The fourth-order valence-electron chi connectivity index (χ4n) is 2.96. The van der Waals surface area contributed by atoms with Crippen LogP contribution in [0.4, 0.5) is 0 Å². The van der Waals surface area contributed by atoms with Crippen molar-refractivity contribution in [3.63, 3.8) is 0 Å². The van der Waals surface area contributed by atoms with Gasteiger partial charge < -0.3 is 5.73 Å². The molecule has 0 bridgehead atoms. The third kappa shape index (κ3) is 4.65. The first kappa shape index (κ1) is 16.7. The number of hydrogen-bond donors (Lipinski definition) is 1. The summed E-state index contributed by atoms with van der Waals surface area (Å²) < 4.78 is 0. The SMILES string of the molecule is Cc1cc(C)c(CN(CCCN)Cc2ccncc2)c(C)c1. The summed E-state index contributed by atoms with van der Waals surface area (Å²) in [7, 11) is 0. The van der Waals surface area contributed by atoms with Crippen molar-refractivity contribution in [3.05, 3.63) is 64.5 Å². The zero-order valence-corrected chi connectivity index (χ0v) is 14.0. The molecule has 0 spiro atoms. The first-order valence-electron chi connectivity index (χ1n) is 7.98. The molecule has 3 heteroatoms. The van der Waals surface area contributed by atoms with Crippen LogP contribution in [-0.4, -0.2) is 23.0 Å². The normalized spacial score (nSPS) is 11.1. The van der Waals surface area contributed by atoms with Crippen LogP contribution < -0.4 is 5.73 Å². The number of hydrogen-bond acceptors (Lipinski definition) is 3. The second-order valence-electron chi connectivity index (χ2n) is 6.09. The van der Waals surface area contributed by atoms with Crippen LogP contribution in [0, 0.1) is 20.8 Å². The van der Waals surface area contributed by atoms with E-state index in [9.17, 15) is 0 Å². The van der Waals surface area contributed by atoms with Crippen LogP contribution in [0.1, 0.15) is 34.2 Å². The Hall–Kier alpha value is -1.71. The van der Waals surface area contributed by atoms with Gasteiger partial charge in [0.25, 0.3) is 0 Å². The number of nitrogens with two attached hydrogens (primary N) is 1. The number of benzene rings is 1. The summed E-state index contributed by atoms with van der Waals surface area (Å²) >= 11 is 0. The third-order valence-electron chi connectivity index (χ3n) is 4.06. The lowest BCUT2D eigenvalue weighted by Gasteiger charge is -2.24. The average Bonchev–Trinajstić information content (AvgIpc) is 2.49. The quantitative estimate of drug-likeness (QED) is 0.852. The molecule has 3 nitrogen and oxygen atoms in total. The molecule has 0 saturated carbocycles. The van der Waals surface area contributed by atoms with Gasteiger partial charge in [-0.15, -0.1) is 0 Å². The van der Waals surface area contributed by atoms with Gasteiger partial charge in [-0.3, -0.25) is 9.88 Å². The summed E-state index contributed by atoms with van der Waals surface area (Å²) in [6.45, 7) is 10.2. The molecule has 0 radical (unpaired) electrons. The second-order valence-corrected chi connectivity index (χ2v) is 6.09. The largest absolute Gasteiger partial charge is 0.330 e. The van der Waals surface area contributed by atoms with Crippen molar-refractivity contribution in [1.29, 1.82) is 0 Å². The third-order valence-corrected chi connectivity index (χ3v) is 4.06. The van der Waals surface area contributed by atoms with Crippen molar-refractivity contribution in [2.45, 2.75) is 40.3 Å². The van der Waals surface area contributed by atoms with E-state index < -0.39 is 0 Å². The Morgan fingerprint density at radius 3 is 2.23 bits per heavy atom. The van der Waals surface area contributed by atoms with Gasteiger partial charge in [0.2, 0.25) is 0 Å². The smallest absolute Gasteiger partial charge is 0.0271 e. The van der Waals surface area contributed by atoms with Gasteiger partial charge in [0.1, 0.15) is 0 Å². The number of aromatic nitrogens is 1. The van der Waals surface area contributed by atoms with Crippen LogP contribution in [0.15, 0.2) is 36.7 Å². The Bertz CT molecular complexity index is 570. The fourth-order valence-corrected chi connectivity index (χ4v) is 2.96. The van der Waals surface area contributed by atoms with Gasteiger partial charge in [0.05, 0.1) is 0 Å². The molecular weight excluding hydrogens is 270 g/mol. The highest BCUT2D eigenvalue weighted by atomic mass is 15.1. The van der Waals surface area contributed by atoms with Crippen molar-refractivity contribution < 1.29 is 0 Å². The van der Waals surface area contributed by atoms with Gasteiger partial charge >= 0.3 is 0 Å². The van der Waals surface area contributed by atoms with Crippen LogP contribution in [0.25, 0.3) is 0 Å². The van der Waals surface area contributed by atoms with E-state index >= 15 is 0 Å². The molecule has 0 aliphatic rings. The first-order chi connectivity index (χ1) is 10.6. The summed E-state index contributed by atoms with van der Waals surface area (Å²) in [5, 5.41) is 0. The highest BCUT2D eigenvalue weighted by Crippen LogP contribution is 2.19. The number of rotatable bonds is 7. The lowest BCUT2D eigenvalue weighted by atomic mass is 9.99. The van der Waals surface area contributed by atoms with E-state index in [4.69, 9.17) is 5.73 Å². The van der Waals surface area contributed by atoms with Crippen LogP contribution in [0.5, 0.6) is 0 Å². The maximum atomic E-state index is 5.71. The predicted molar refractivity (Wildman–Crippen MR) is 92.7 cm³/mol. The topological polar surface area (TPSA) is 42.1 Å². The van der Waals surface area contributed by atoms with Crippen LogP contribution in [0.2, 0.25) is 0 Å². The zero-order chi connectivity index (χ0) is 15.9. The Labute approximate surface area is 134 Å². The zero-order valence-electron chi connectivity index (χ0n) is 14.0. The van der Waals surface area contributed by atoms with Gasteiger partial charge in [0, 0.05) is 32.0 Å². The van der Waals surface area contributed by atoms with Crippen molar-refractivity contribution in [2.75, 3.05) is 13.1 Å². The molecule has 0 atom stereocenters. The molecule has 1 aromatic heterocycles. The molecule has 0 fully saturated rings. The number of nitrogens with zero attached hydrogens (tertiary/aromatic N) is 2. The minimum atomic E-state index is 0.735. The summed E-state index contributed by atoms with van der Waals surface area (Å²) in [6, 6.07) is 8.72. The van der Waals surface area contributed by atoms with E-state index in [0.29, 0.717) is 0 Å². The molecule has 22 heavy (non-hydrogen) atoms. The molecule has 2 aromatic rings. The molecule has 0 aliphatic carbocycles. The van der Waals surface area contributed by atoms with Gasteiger partial charge in [0.15, 0.2) is 0 Å². The minimum Gasteiger partial charge on any atom is -0.330 e. The Balaban J connectivity index is 2.16. The maximum absolute atomic E-state index is 5.71. The van der Waals surface area contributed by atoms with Crippen LogP contribution in [0.3, 0.4) is 0 Å². The summed E-state index contributed by atoms with van der Waals surface area (Å²) in [5.74, 6) is 0. The van der Waals surface area contributed by atoms with Gasteiger partial charge in [-0.25, -0.2) is 0 Å². The van der Waals surface area contributed by atoms with Crippen molar-refractivity contribution in [2.24, 2.45) is 5.73 Å². The molecule has 118 valence electrons. The van der Waals surface area contributed by atoms with Crippen molar-refractivity contribution in [1.82, 2.24) is 9.88 Å². The van der Waals surface area contributed by atoms with E-state index in [0.717, 1.165) is 32.6 Å². The molecule has 2 rings (SSSR count). The standard InChI is InChI=1S/C19H27N3/c1-15-11-16(2)19(17(3)12-15)14-22(10-4-7-20)13-18-5-8-21-9-6-18/h5-6,8-9,11-12H,4,7,10,13-14,20H2,1-3H3. The van der Waals surface area contributed by atoms with Crippen LogP contribution >= 0.6 is 0 Å². The summed E-state index contributed by atoms with van der Waals surface area (Å²) in [6.07, 6.45) is 4.74. The molecule has 0 unspecified atom stereocenters. The van der Waals surface area contributed by atoms with E-state index in [1.165, 1.54) is 27.8 Å². The second kappa shape index (κ2) is 8.06. The Morgan fingerprint density at radius 1 is 1.00 bits per heavy atom. The highest BCUT2D eigenvalue weighted by molar-refractivity contribution is 5.37. The molecule has 0 amide bonds. The summed E-state index contributed by atoms with van der Waals surface area (Å²) in [4.78, 5) is 6.58. The van der Waals surface area contributed by atoms with Gasteiger partial charge in [-0.1, -0.05) is 17.7 Å². The minimum absolute atomic E-state index is 0.735. The lowest BCUT2D eigenvalue weighted by molar-refractivity contribution is 0.254. The van der Waals surface area contributed by atoms with Crippen molar-refractivity contribution >= 4 is 0 Å². The molecule has 1 aromatic carbocycles. The van der Waals surface area contributed by atoms with Gasteiger partial charge in [-0.05, 0) is 68.1 Å². The Morgan fingerprint density at radius 2 is 1.64 bits per heavy atom. The lowest BCUT2D eigenvalue weighted by Crippen LogP contribution is -2.26. The van der Waals surface area contributed by atoms with Crippen LogP contribution in [-0.2, 0) is 13.1 Å². The van der Waals surface area contributed by atoms with E-state index in [2.05, 4.69) is 54.9 Å². The fraction of sp³-hybridized carbons (Fsp3) is 0.421. The highest BCUT2D eigenvalue weighted by Gasteiger charge is 2.11. The Kier molecular flexibility index (Phi) is 6.10. The maximum Gasteiger partial charge on any atom is 0.0271 e. The number of aryl methyl sites for hydroxylation is 3. The van der Waals surface area contributed by atoms with Gasteiger partial charge in [-0.2, -0.15) is 0 Å². The number of pyridine rings is 1. The molecule has 0 aliphatic heterocycles. The first-order valence-corrected chi connectivity index (χ1v) is 7.98. The predicted octanol–water partition coefficient (Wildman–Crippen LogP) is 3.36. The molecule has 1 heterocycles. The monoisotopic (exact) mass is 297 g/mol. The molecule has 2 N–H and O–H groups in total. The average molecular weight is 297 g/mol. The van der Waals surface area contributed by atoms with E-state index in [1.807, 2.05) is 12.4 Å². The molecule has 0 saturated heterocycles. The van der Waals surface area contributed by atoms with E-state index in [1.54, 1.807) is 0 Å². The summed E-state index contributed by atoms with van der Waals surface area (Å²) in [5.41, 5.74) is 12.5. The van der Waals surface area contributed by atoms with E-state index in [-0.39, 0.29) is 0 Å². The van der Waals surface area contributed by atoms with Crippen molar-refractivity contribution in [3.8, 4) is 0 Å².